The fraction of sp³-hybridized carbons (Fsp3) is 0.423. The van der Waals surface area contributed by atoms with Gasteiger partial charge in [0.1, 0.15) is 0 Å². The van der Waals surface area contributed by atoms with Gasteiger partial charge in [-0.3, -0.25) is 14.4 Å². The molecule has 0 radical (unpaired) electrons. The Hall–Kier alpha value is -3.35. The number of hydrogen-bond donors (Lipinski definition) is 2. The summed E-state index contributed by atoms with van der Waals surface area (Å²) in [6.07, 6.45) is 2.87. The highest BCUT2D eigenvalue weighted by atomic mass is 16.2. The third-order valence-corrected chi connectivity index (χ3v) is 5.17. The Bertz CT molecular complexity index is 937. The molecule has 0 aliphatic heterocycles. The summed E-state index contributed by atoms with van der Waals surface area (Å²) in [5, 5.41) is 5.98. The van der Waals surface area contributed by atoms with E-state index in [2.05, 4.69) is 24.5 Å². The Morgan fingerprint density at radius 2 is 1.55 bits per heavy atom. The number of rotatable bonds is 12. The van der Waals surface area contributed by atoms with Crippen LogP contribution in [0.5, 0.6) is 0 Å². The van der Waals surface area contributed by atoms with E-state index in [4.69, 9.17) is 0 Å². The first-order valence-electron chi connectivity index (χ1n) is 11.6. The molecule has 0 aliphatic carbocycles. The number of carbonyl (C=O) groups is 3. The van der Waals surface area contributed by atoms with Crippen LogP contribution in [0.25, 0.3) is 0 Å². The lowest BCUT2D eigenvalue weighted by molar-refractivity contribution is -0.128. The number of benzene rings is 2. The second-order valence-electron chi connectivity index (χ2n) is 8.26. The van der Waals surface area contributed by atoms with Crippen molar-refractivity contribution in [1.29, 1.82) is 0 Å². The molecule has 2 rings (SSSR count). The molecule has 2 N–H and O–H groups in total. The van der Waals surface area contributed by atoms with Gasteiger partial charge < -0.3 is 20.4 Å². The third-order valence-electron chi connectivity index (χ3n) is 5.17. The summed E-state index contributed by atoms with van der Waals surface area (Å²) in [7, 11) is 3.48. The van der Waals surface area contributed by atoms with Crippen LogP contribution in [-0.2, 0) is 16.0 Å². The van der Waals surface area contributed by atoms with Crippen molar-refractivity contribution in [2.45, 2.75) is 39.5 Å². The topological polar surface area (TPSA) is 81.8 Å². The smallest absolute Gasteiger partial charge is 0.253 e. The Morgan fingerprint density at radius 1 is 0.879 bits per heavy atom. The van der Waals surface area contributed by atoms with E-state index in [0.29, 0.717) is 24.1 Å². The molecule has 0 saturated carbocycles. The van der Waals surface area contributed by atoms with Crippen molar-refractivity contribution in [3.63, 3.8) is 0 Å². The summed E-state index contributed by atoms with van der Waals surface area (Å²) in [5.74, 6) is -0.106. The Kier molecular flexibility index (Phi) is 10.4. The van der Waals surface area contributed by atoms with Crippen LogP contribution >= 0.6 is 0 Å². The fourth-order valence-electron chi connectivity index (χ4n) is 3.47. The standard InChI is InChI=1S/C26H36N4O3/c1-5-15-30(16-6-2)26(33)21-10-8-11-22(18-21)27-19-24(31)28-23-12-7-9-20(17-23)13-14-25(32)29(3)4/h7-12,17-18,27H,5-6,13-16,19H2,1-4H3,(H,28,31). The van der Waals surface area contributed by atoms with Gasteiger partial charge in [-0.05, 0) is 55.2 Å². The molecule has 0 unspecified atom stereocenters. The van der Waals surface area contributed by atoms with Gasteiger partial charge in [-0.25, -0.2) is 0 Å². The number of carbonyl (C=O) groups excluding carboxylic acids is 3. The molecule has 33 heavy (non-hydrogen) atoms. The SMILES string of the molecule is CCCN(CCC)C(=O)c1cccc(NCC(=O)Nc2cccc(CCC(=O)N(C)C)c2)c1. The van der Waals surface area contributed by atoms with Crippen LogP contribution in [0.1, 0.15) is 49.0 Å². The molecule has 3 amide bonds. The Morgan fingerprint density at radius 3 is 2.21 bits per heavy atom. The molecular formula is C26H36N4O3. The van der Waals surface area contributed by atoms with Gasteiger partial charge >= 0.3 is 0 Å². The van der Waals surface area contributed by atoms with Crippen molar-refractivity contribution in [3.8, 4) is 0 Å². The predicted molar refractivity (Wildman–Crippen MR) is 134 cm³/mol. The molecule has 0 aromatic heterocycles. The molecule has 0 spiro atoms. The van der Waals surface area contributed by atoms with Crippen molar-refractivity contribution >= 4 is 29.1 Å². The normalized spacial score (nSPS) is 10.4. The molecule has 7 heteroatoms. The molecule has 0 saturated heterocycles. The highest BCUT2D eigenvalue weighted by Gasteiger charge is 2.14. The second-order valence-corrected chi connectivity index (χ2v) is 8.26. The summed E-state index contributed by atoms with van der Waals surface area (Å²) >= 11 is 0. The highest BCUT2D eigenvalue weighted by molar-refractivity contribution is 5.96. The Labute approximate surface area is 197 Å². The van der Waals surface area contributed by atoms with Crippen LogP contribution in [0.15, 0.2) is 48.5 Å². The van der Waals surface area contributed by atoms with Crippen molar-refractivity contribution in [2.24, 2.45) is 0 Å². The van der Waals surface area contributed by atoms with Crippen LogP contribution < -0.4 is 10.6 Å². The van der Waals surface area contributed by atoms with Crippen molar-refractivity contribution < 1.29 is 14.4 Å². The quantitative estimate of drug-likeness (QED) is 0.510. The number of hydrogen-bond acceptors (Lipinski definition) is 4. The van der Waals surface area contributed by atoms with Crippen LogP contribution in [0.3, 0.4) is 0 Å². The van der Waals surface area contributed by atoms with Gasteiger partial charge in [-0.15, -0.1) is 0 Å². The van der Waals surface area contributed by atoms with E-state index in [0.717, 1.165) is 37.2 Å². The molecule has 178 valence electrons. The van der Waals surface area contributed by atoms with Crippen LogP contribution in [0, 0.1) is 0 Å². The molecule has 0 aliphatic rings. The minimum atomic E-state index is -0.188. The predicted octanol–water partition coefficient (Wildman–Crippen LogP) is 4.02. The lowest BCUT2D eigenvalue weighted by Gasteiger charge is -2.21. The van der Waals surface area contributed by atoms with E-state index in [1.54, 1.807) is 31.1 Å². The molecule has 2 aromatic rings. The maximum atomic E-state index is 12.8. The second kappa shape index (κ2) is 13.3. The molecule has 0 heterocycles. The van der Waals surface area contributed by atoms with Gasteiger partial charge in [0.15, 0.2) is 0 Å². The lowest BCUT2D eigenvalue weighted by Crippen LogP contribution is -2.32. The van der Waals surface area contributed by atoms with Gasteiger partial charge in [-0.1, -0.05) is 32.0 Å². The summed E-state index contributed by atoms with van der Waals surface area (Å²) in [4.78, 5) is 40.5. The van der Waals surface area contributed by atoms with E-state index >= 15 is 0 Å². The maximum absolute atomic E-state index is 12.8. The number of nitrogens with zero attached hydrogens (tertiary/aromatic N) is 2. The molecule has 7 nitrogen and oxygen atoms in total. The number of anilines is 2. The van der Waals surface area contributed by atoms with Gasteiger partial charge in [-0.2, -0.15) is 0 Å². The number of amides is 3. The average molecular weight is 453 g/mol. The number of aryl methyl sites for hydroxylation is 1. The number of nitrogens with one attached hydrogen (secondary N) is 2. The van der Waals surface area contributed by atoms with Crippen LogP contribution in [0.2, 0.25) is 0 Å². The van der Waals surface area contributed by atoms with E-state index < -0.39 is 0 Å². The van der Waals surface area contributed by atoms with Gasteiger partial charge in [0, 0.05) is 50.5 Å². The van der Waals surface area contributed by atoms with E-state index in [9.17, 15) is 14.4 Å². The Balaban J connectivity index is 1.92. The van der Waals surface area contributed by atoms with E-state index in [1.807, 2.05) is 41.3 Å². The third kappa shape index (κ3) is 8.60. The average Bonchev–Trinajstić information content (AvgIpc) is 2.81. The summed E-state index contributed by atoms with van der Waals surface area (Å²) in [5.41, 5.74) is 3.02. The summed E-state index contributed by atoms with van der Waals surface area (Å²) in [6.45, 7) is 5.66. The zero-order chi connectivity index (χ0) is 24.2. The first-order valence-corrected chi connectivity index (χ1v) is 11.6. The van der Waals surface area contributed by atoms with Crippen molar-refractivity contribution in [3.05, 3.63) is 59.7 Å². The van der Waals surface area contributed by atoms with Gasteiger partial charge in [0.2, 0.25) is 11.8 Å². The monoisotopic (exact) mass is 452 g/mol. The maximum Gasteiger partial charge on any atom is 0.253 e. The minimum Gasteiger partial charge on any atom is -0.376 e. The molecular weight excluding hydrogens is 416 g/mol. The van der Waals surface area contributed by atoms with E-state index in [-0.39, 0.29) is 24.3 Å². The summed E-state index contributed by atoms with van der Waals surface area (Å²) < 4.78 is 0. The summed E-state index contributed by atoms with van der Waals surface area (Å²) in [6, 6.07) is 14.8. The van der Waals surface area contributed by atoms with E-state index in [1.165, 1.54) is 0 Å². The zero-order valence-corrected chi connectivity index (χ0v) is 20.2. The molecule has 2 aromatic carbocycles. The molecule has 0 fully saturated rings. The fourth-order valence-corrected chi connectivity index (χ4v) is 3.47. The first-order chi connectivity index (χ1) is 15.8. The molecule has 0 atom stereocenters. The van der Waals surface area contributed by atoms with Crippen LogP contribution in [-0.4, -0.2) is 61.3 Å². The molecule has 0 bridgehead atoms. The largest absolute Gasteiger partial charge is 0.376 e. The first kappa shape index (κ1) is 25.9. The van der Waals surface area contributed by atoms with Crippen molar-refractivity contribution in [1.82, 2.24) is 9.80 Å². The minimum absolute atomic E-state index is 0.0105. The van der Waals surface area contributed by atoms with Crippen molar-refractivity contribution in [2.75, 3.05) is 44.4 Å². The van der Waals surface area contributed by atoms with Crippen LogP contribution in [0.4, 0.5) is 11.4 Å². The lowest BCUT2D eigenvalue weighted by atomic mass is 10.1. The zero-order valence-electron chi connectivity index (χ0n) is 20.2. The highest BCUT2D eigenvalue weighted by Crippen LogP contribution is 2.15. The van der Waals surface area contributed by atoms with Gasteiger partial charge in [0.25, 0.3) is 5.91 Å². The van der Waals surface area contributed by atoms with Gasteiger partial charge in [0.05, 0.1) is 6.54 Å².